The number of amidine groups is 1. The molecule has 178 valence electrons. The molecule has 1 spiro atoms. The predicted molar refractivity (Wildman–Crippen MR) is 129 cm³/mol. The molecule has 0 radical (unpaired) electrons. The molecule has 0 unspecified atom stereocenters. The third-order valence-electron chi connectivity index (χ3n) is 6.82. The van der Waals surface area contributed by atoms with Crippen molar-refractivity contribution in [3.63, 3.8) is 0 Å². The lowest BCUT2D eigenvalue weighted by atomic mass is 9.91. The van der Waals surface area contributed by atoms with E-state index < -0.39 is 25.8 Å². The third kappa shape index (κ3) is 3.51. The molecule has 0 amide bonds. The van der Waals surface area contributed by atoms with Gasteiger partial charge in [-0.3, -0.25) is 4.99 Å². The topological polar surface area (TPSA) is 120 Å². The maximum absolute atomic E-state index is 15.2. The first kappa shape index (κ1) is 22.9. The number of aromatic nitrogens is 3. The summed E-state index contributed by atoms with van der Waals surface area (Å²) in [7, 11) is -1.20. The summed E-state index contributed by atoms with van der Waals surface area (Å²) < 4.78 is 38.3. The van der Waals surface area contributed by atoms with Crippen LogP contribution in [0.1, 0.15) is 38.2 Å². The number of rotatable bonds is 3. The van der Waals surface area contributed by atoms with Gasteiger partial charge < -0.3 is 10.3 Å². The third-order valence-corrected chi connectivity index (χ3v) is 10.4. The van der Waals surface area contributed by atoms with Crippen molar-refractivity contribution in [3.05, 3.63) is 53.1 Å². The molecular weight excluding hydrogens is 479 g/mol. The lowest BCUT2D eigenvalue weighted by molar-refractivity contribution is 0.434. The van der Waals surface area contributed by atoms with Gasteiger partial charge in [0.2, 0.25) is 0 Å². The summed E-state index contributed by atoms with van der Waals surface area (Å²) >= 11 is 5.85. The Labute approximate surface area is 202 Å². The number of nitrogens with zero attached hydrogens (tertiary/aromatic N) is 5. The van der Waals surface area contributed by atoms with Crippen molar-refractivity contribution >= 4 is 27.2 Å². The van der Waals surface area contributed by atoms with E-state index in [1.54, 1.807) is 32.2 Å². The molecule has 0 saturated heterocycles. The van der Waals surface area contributed by atoms with Gasteiger partial charge in [0.25, 0.3) is 0 Å². The average molecular weight is 503 g/mol. The Hall–Kier alpha value is -2.85. The highest BCUT2D eigenvalue weighted by Crippen LogP contribution is 2.46. The number of aliphatic imine (C=N–C) groups is 1. The fraction of sp³-hybridized carbons (Fsp3) is 0.391. The van der Waals surface area contributed by atoms with Crippen LogP contribution in [0.2, 0.25) is 5.02 Å². The summed E-state index contributed by atoms with van der Waals surface area (Å²) in [6.45, 7) is 1.75. The van der Waals surface area contributed by atoms with Crippen molar-refractivity contribution in [2.75, 3.05) is 12.8 Å². The molecule has 1 fully saturated rings. The second-order valence-electron chi connectivity index (χ2n) is 8.94. The maximum Gasteiger partial charge on any atom is 0.181 e. The minimum Gasteiger partial charge on any atom is -0.386 e. The molecule has 8 nitrogen and oxygen atoms in total. The van der Waals surface area contributed by atoms with Gasteiger partial charge in [-0.1, -0.05) is 29.6 Å². The highest BCUT2D eigenvalue weighted by atomic mass is 35.5. The molecule has 2 aromatic heterocycles. The highest BCUT2D eigenvalue weighted by Gasteiger charge is 2.54. The smallest absolute Gasteiger partial charge is 0.181 e. The first-order valence-electron chi connectivity index (χ1n) is 10.9. The van der Waals surface area contributed by atoms with Crippen LogP contribution in [-0.2, 0) is 15.3 Å². The number of benzene rings is 1. The normalized spacial score (nSPS) is 25.9. The van der Waals surface area contributed by atoms with Gasteiger partial charge in [-0.2, -0.15) is 0 Å². The Kier molecular flexibility index (Phi) is 5.48. The summed E-state index contributed by atoms with van der Waals surface area (Å²) in [6, 6.07) is 6.24. The van der Waals surface area contributed by atoms with E-state index in [2.05, 4.69) is 19.5 Å². The Bertz CT molecular complexity index is 1410. The van der Waals surface area contributed by atoms with Gasteiger partial charge in [0, 0.05) is 36.6 Å². The summed E-state index contributed by atoms with van der Waals surface area (Å²) in [6.07, 6.45) is 6.15. The van der Waals surface area contributed by atoms with Crippen molar-refractivity contribution in [1.82, 2.24) is 15.1 Å². The maximum atomic E-state index is 15.2. The predicted octanol–water partition coefficient (Wildman–Crippen LogP) is 4.59. The zero-order valence-corrected chi connectivity index (χ0v) is 20.4. The second-order valence-corrected chi connectivity index (χ2v) is 12.1. The zero-order valence-electron chi connectivity index (χ0n) is 18.8. The van der Waals surface area contributed by atoms with Crippen molar-refractivity contribution < 1.29 is 13.1 Å². The van der Waals surface area contributed by atoms with Crippen molar-refractivity contribution in [3.8, 4) is 22.8 Å². The van der Waals surface area contributed by atoms with Crippen LogP contribution in [0.5, 0.6) is 0 Å². The monoisotopic (exact) mass is 502 g/mol. The van der Waals surface area contributed by atoms with E-state index in [4.69, 9.17) is 26.9 Å². The number of halogens is 2. The average Bonchev–Trinajstić information content (AvgIpc) is 3.50. The van der Waals surface area contributed by atoms with E-state index in [0.29, 0.717) is 46.5 Å². The van der Waals surface area contributed by atoms with Crippen LogP contribution in [0.25, 0.3) is 22.8 Å². The Morgan fingerprint density at radius 2 is 1.91 bits per heavy atom. The SMILES string of the molecule is CN=[S@@]1(=O)C[C@@](C)(c2cc(-c3cc(-c4ncc(Cl)cn4)no3)ccc2F)N=C(N)C12CCCC2. The van der Waals surface area contributed by atoms with Crippen LogP contribution >= 0.6 is 11.6 Å². The van der Waals surface area contributed by atoms with Gasteiger partial charge in [-0.15, -0.1) is 0 Å². The van der Waals surface area contributed by atoms with E-state index in [-0.39, 0.29) is 11.3 Å². The molecule has 3 aromatic rings. The second kappa shape index (κ2) is 8.13. The van der Waals surface area contributed by atoms with Crippen LogP contribution < -0.4 is 5.73 Å². The quantitative estimate of drug-likeness (QED) is 0.559. The van der Waals surface area contributed by atoms with Crippen molar-refractivity contribution in [2.24, 2.45) is 15.1 Å². The largest absolute Gasteiger partial charge is 0.386 e. The van der Waals surface area contributed by atoms with Gasteiger partial charge in [0.1, 0.15) is 21.9 Å². The standard InChI is InChI=1S/C23H24ClFN6O2S/c1-22(13-34(32,27-2)23(21(26)30-22)7-3-4-8-23)16-9-14(5-6-17(16)25)19-10-18(31-33-19)20-28-11-15(24)12-29-20/h5-6,9-12H,3-4,7-8,13H2,1-2H3,(H2,26,30)/t22-,34+/m0/s1. The Balaban J connectivity index is 1.57. The summed E-state index contributed by atoms with van der Waals surface area (Å²) in [5.41, 5.74) is 6.59. The molecule has 1 aliphatic heterocycles. The van der Waals surface area contributed by atoms with Crippen LogP contribution in [0.3, 0.4) is 0 Å². The first-order valence-corrected chi connectivity index (χ1v) is 13.0. The molecule has 11 heteroatoms. The van der Waals surface area contributed by atoms with Crippen LogP contribution in [-0.4, -0.2) is 42.7 Å². The summed E-state index contributed by atoms with van der Waals surface area (Å²) in [5, 5.41) is 4.43. The summed E-state index contributed by atoms with van der Waals surface area (Å²) in [4.78, 5) is 13.0. The minimum absolute atomic E-state index is 0.0951. The fourth-order valence-electron chi connectivity index (χ4n) is 5.03. The Morgan fingerprint density at radius 1 is 1.21 bits per heavy atom. The van der Waals surface area contributed by atoms with Gasteiger partial charge >= 0.3 is 0 Å². The molecule has 2 aliphatic rings. The van der Waals surface area contributed by atoms with Gasteiger partial charge in [0.15, 0.2) is 17.3 Å². The van der Waals surface area contributed by atoms with Gasteiger partial charge in [-0.25, -0.2) is 22.9 Å². The van der Waals surface area contributed by atoms with E-state index in [1.807, 2.05) is 0 Å². The molecule has 34 heavy (non-hydrogen) atoms. The molecular formula is C23H24ClFN6O2S. The van der Waals surface area contributed by atoms with E-state index in [1.165, 1.54) is 18.5 Å². The molecule has 0 bridgehead atoms. The lowest BCUT2D eigenvalue weighted by Crippen LogP contribution is -2.56. The Morgan fingerprint density at radius 3 is 2.59 bits per heavy atom. The van der Waals surface area contributed by atoms with Gasteiger partial charge in [0.05, 0.1) is 20.5 Å². The molecule has 2 N–H and O–H groups in total. The van der Waals surface area contributed by atoms with E-state index in [9.17, 15) is 4.21 Å². The molecule has 1 aromatic carbocycles. The molecule has 3 heterocycles. The highest BCUT2D eigenvalue weighted by molar-refractivity contribution is 7.95. The molecule has 1 saturated carbocycles. The number of hydrogen-bond acceptors (Lipinski definition) is 8. The number of nitrogens with two attached hydrogens (primary N) is 1. The van der Waals surface area contributed by atoms with E-state index in [0.717, 1.165) is 12.8 Å². The molecule has 2 atom stereocenters. The molecule has 1 aliphatic carbocycles. The van der Waals surface area contributed by atoms with E-state index >= 15 is 4.39 Å². The van der Waals surface area contributed by atoms with Gasteiger partial charge in [-0.05, 0) is 38.0 Å². The van der Waals surface area contributed by atoms with Crippen LogP contribution in [0.15, 0.2) is 50.5 Å². The minimum atomic E-state index is -2.76. The zero-order chi connectivity index (χ0) is 24.1. The van der Waals surface area contributed by atoms with Crippen molar-refractivity contribution in [1.29, 1.82) is 0 Å². The molecule has 5 rings (SSSR count). The number of hydrogen-bond donors (Lipinski definition) is 1. The van der Waals surface area contributed by atoms with Crippen LogP contribution in [0, 0.1) is 5.82 Å². The van der Waals surface area contributed by atoms with Crippen molar-refractivity contribution in [2.45, 2.75) is 42.9 Å². The summed E-state index contributed by atoms with van der Waals surface area (Å²) in [5.74, 6) is 0.686. The fourth-order valence-corrected chi connectivity index (χ4v) is 8.17. The van der Waals surface area contributed by atoms with Crippen LogP contribution in [0.4, 0.5) is 4.39 Å². The lowest BCUT2D eigenvalue weighted by Gasteiger charge is -2.42. The first-order chi connectivity index (χ1) is 16.2.